The molecule has 72 valence electrons. The van der Waals surface area contributed by atoms with E-state index in [-0.39, 0.29) is 5.82 Å². The maximum absolute atomic E-state index is 13.2. The van der Waals surface area contributed by atoms with E-state index in [0.29, 0.717) is 22.0 Å². The Balaban J connectivity index is 2.53. The van der Waals surface area contributed by atoms with Gasteiger partial charge in [-0.15, -0.1) is 0 Å². The molecule has 1 heterocycles. The summed E-state index contributed by atoms with van der Waals surface area (Å²) in [5.74, 6) is -0.258. The maximum Gasteiger partial charge on any atom is 0.170 e. The molecule has 0 radical (unpaired) electrons. The van der Waals surface area contributed by atoms with E-state index < -0.39 is 0 Å². The molecular weight excluding hydrogens is 223 g/mol. The molecule has 0 bridgehead atoms. The van der Waals surface area contributed by atoms with Crippen molar-refractivity contribution in [2.75, 3.05) is 0 Å². The second kappa shape index (κ2) is 3.63. The molecule has 0 atom stereocenters. The summed E-state index contributed by atoms with van der Waals surface area (Å²) in [6.07, 6.45) is 0. The molecule has 0 aliphatic rings. The minimum Gasteiger partial charge on any atom is -0.207 e. The minimum absolute atomic E-state index is 0.258. The van der Waals surface area contributed by atoms with Crippen molar-refractivity contribution in [1.29, 1.82) is 0 Å². The third-order valence-electron chi connectivity index (χ3n) is 1.89. The van der Waals surface area contributed by atoms with Gasteiger partial charge in [0.05, 0.1) is 11.7 Å². The topological polar surface area (TPSA) is 25.8 Å². The predicted molar refractivity (Wildman–Crippen MR) is 55.1 cm³/mol. The SMILES string of the molecule is Cc1ccc(-c2nsnc2Cl)cc1F. The average Bonchev–Trinajstić information content (AvgIpc) is 2.57. The van der Waals surface area contributed by atoms with Crippen LogP contribution in [0.3, 0.4) is 0 Å². The molecule has 0 aliphatic heterocycles. The van der Waals surface area contributed by atoms with Crippen molar-refractivity contribution in [1.82, 2.24) is 8.75 Å². The van der Waals surface area contributed by atoms with E-state index in [9.17, 15) is 4.39 Å². The van der Waals surface area contributed by atoms with Crippen molar-refractivity contribution in [2.45, 2.75) is 6.92 Å². The lowest BCUT2D eigenvalue weighted by molar-refractivity contribution is 0.619. The fraction of sp³-hybridized carbons (Fsp3) is 0.111. The van der Waals surface area contributed by atoms with Gasteiger partial charge in [-0.25, -0.2) is 4.39 Å². The van der Waals surface area contributed by atoms with Crippen molar-refractivity contribution < 1.29 is 4.39 Å². The summed E-state index contributed by atoms with van der Waals surface area (Å²) in [6.45, 7) is 1.71. The number of halogens is 2. The van der Waals surface area contributed by atoms with Gasteiger partial charge in [0.25, 0.3) is 0 Å². The van der Waals surface area contributed by atoms with Crippen LogP contribution in [0.4, 0.5) is 4.39 Å². The fourth-order valence-corrected chi connectivity index (χ4v) is 1.86. The van der Waals surface area contributed by atoms with Gasteiger partial charge in [-0.05, 0) is 18.6 Å². The predicted octanol–water partition coefficient (Wildman–Crippen LogP) is 3.31. The van der Waals surface area contributed by atoms with Crippen LogP contribution < -0.4 is 0 Å². The van der Waals surface area contributed by atoms with Gasteiger partial charge in [-0.1, -0.05) is 23.7 Å². The molecule has 1 aromatic heterocycles. The Labute approximate surface area is 89.7 Å². The first-order valence-corrected chi connectivity index (χ1v) is 5.04. The zero-order chi connectivity index (χ0) is 10.1. The highest BCUT2D eigenvalue weighted by Gasteiger charge is 2.09. The largest absolute Gasteiger partial charge is 0.207 e. The van der Waals surface area contributed by atoms with Crippen LogP contribution in [0.1, 0.15) is 5.56 Å². The Morgan fingerprint density at radius 1 is 1.36 bits per heavy atom. The molecule has 1 aromatic carbocycles. The van der Waals surface area contributed by atoms with Gasteiger partial charge in [0.15, 0.2) is 5.15 Å². The Bertz CT molecular complexity index is 470. The minimum atomic E-state index is -0.258. The van der Waals surface area contributed by atoms with E-state index in [2.05, 4.69) is 8.75 Å². The van der Waals surface area contributed by atoms with Crippen molar-refractivity contribution in [3.63, 3.8) is 0 Å². The summed E-state index contributed by atoms with van der Waals surface area (Å²) in [6, 6.07) is 4.89. The summed E-state index contributed by atoms with van der Waals surface area (Å²) in [5.41, 5.74) is 1.80. The Morgan fingerprint density at radius 2 is 2.14 bits per heavy atom. The molecule has 0 saturated carbocycles. The van der Waals surface area contributed by atoms with Crippen LogP contribution in [0.5, 0.6) is 0 Å². The molecule has 2 rings (SSSR count). The van der Waals surface area contributed by atoms with Crippen LogP contribution in [-0.2, 0) is 0 Å². The van der Waals surface area contributed by atoms with Crippen molar-refractivity contribution >= 4 is 23.3 Å². The third-order valence-corrected chi connectivity index (χ3v) is 2.79. The van der Waals surface area contributed by atoms with E-state index >= 15 is 0 Å². The Kier molecular flexibility index (Phi) is 2.48. The molecule has 0 amide bonds. The van der Waals surface area contributed by atoms with Crippen LogP contribution in [0.15, 0.2) is 18.2 Å². The molecule has 0 saturated heterocycles. The summed E-state index contributed by atoms with van der Waals surface area (Å²) in [5, 5.41) is 0.318. The highest BCUT2D eigenvalue weighted by Crippen LogP contribution is 2.26. The number of aryl methyl sites for hydroxylation is 1. The van der Waals surface area contributed by atoms with Gasteiger partial charge in [0.2, 0.25) is 0 Å². The molecule has 0 unspecified atom stereocenters. The van der Waals surface area contributed by atoms with Crippen LogP contribution in [0, 0.1) is 12.7 Å². The highest BCUT2D eigenvalue weighted by atomic mass is 35.5. The van der Waals surface area contributed by atoms with Crippen molar-refractivity contribution in [3.8, 4) is 11.3 Å². The first kappa shape index (κ1) is 9.55. The van der Waals surface area contributed by atoms with Crippen LogP contribution in [0.25, 0.3) is 11.3 Å². The zero-order valence-electron chi connectivity index (χ0n) is 7.29. The first-order chi connectivity index (χ1) is 6.68. The van der Waals surface area contributed by atoms with Gasteiger partial charge >= 0.3 is 0 Å². The summed E-state index contributed by atoms with van der Waals surface area (Å²) >= 11 is 6.80. The van der Waals surface area contributed by atoms with Crippen molar-refractivity contribution in [3.05, 3.63) is 34.7 Å². The number of nitrogens with zero attached hydrogens (tertiary/aromatic N) is 2. The quantitative estimate of drug-likeness (QED) is 0.749. The van der Waals surface area contributed by atoms with Gasteiger partial charge in [0.1, 0.15) is 11.5 Å². The molecule has 0 fully saturated rings. The molecule has 0 N–H and O–H groups in total. The third kappa shape index (κ3) is 1.63. The highest BCUT2D eigenvalue weighted by molar-refractivity contribution is 6.99. The molecule has 2 aromatic rings. The molecule has 2 nitrogen and oxygen atoms in total. The first-order valence-electron chi connectivity index (χ1n) is 3.93. The Morgan fingerprint density at radius 3 is 2.71 bits per heavy atom. The lowest BCUT2D eigenvalue weighted by atomic mass is 10.1. The Hall–Kier alpha value is -1.00. The number of rotatable bonds is 1. The van der Waals surface area contributed by atoms with Gasteiger partial charge in [0, 0.05) is 5.56 Å². The second-order valence-electron chi connectivity index (χ2n) is 2.87. The van der Waals surface area contributed by atoms with E-state index in [1.54, 1.807) is 19.1 Å². The summed E-state index contributed by atoms with van der Waals surface area (Å²) in [4.78, 5) is 0. The van der Waals surface area contributed by atoms with Crippen LogP contribution in [-0.4, -0.2) is 8.75 Å². The normalized spacial score (nSPS) is 10.5. The van der Waals surface area contributed by atoms with E-state index in [0.717, 1.165) is 11.7 Å². The standard InChI is InChI=1S/C9H6ClFN2S/c1-5-2-3-6(4-7(5)11)8-9(10)13-14-12-8/h2-4H,1H3. The smallest absolute Gasteiger partial charge is 0.170 e. The number of aromatic nitrogens is 2. The van der Waals surface area contributed by atoms with Crippen molar-refractivity contribution in [2.24, 2.45) is 0 Å². The summed E-state index contributed by atoms with van der Waals surface area (Å²) in [7, 11) is 0. The summed E-state index contributed by atoms with van der Waals surface area (Å²) < 4.78 is 21.0. The molecule has 14 heavy (non-hydrogen) atoms. The van der Waals surface area contributed by atoms with Gasteiger partial charge in [-0.2, -0.15) is 8.75 Å². The number of hydrogen-bond acceptors (Lipinski definition) is 3. The second-order valence-corrected chi connectivity index (χ2v) is 3.75. The lowest BCUT2D eigenvalue weighted by Gasteiger charge is -1.99. The molecule has 5 heteroatoms. The van der Waals surface area contributed by atoms with E-state index in [4.69, 9.17) is 11.6 Å². The number of hydrogen-bond donors (Lipinski definition) is 0. The maximum atomic E-state index is 13.2. The van der Waals surface area contributed by atoms with Gasteiger partial charge < -0.3 is 0 Å². The molecular formula is C9H6ClFN2S. The van der Waals surface area contributed by atoms with E-state index in [1.807, 2.05) is 0 Å². The fourth-order valence-electron chi connectivity index (χ4n) is 1.09. The number of benzene rings is 1. The van der Waals surface area contributed by atoms with E-state index in [1.165, 1.54) is 6.07 Å². The average molecular weight is 229 g/mol. The van der Waals surface area contributed by atoms with Crippen LogP contribution >= 0.6 is 23.3 Å². The molecule has 0 spiro atoms. The zero-order valence-corrected chi connectivity index (χ0v) is 8.86. The monoisotopic (exact) mass is 228 g/mol. The lowest BCUT2D eigenvalue weighted by Crippen LogP contribution is -1.84. The van der Waals surface area contributed by atoms with Gasteiger partial charge in [-0.3, -0.25) is 0 Å². The van der Waals surface area contributed by atoms with Crippen LogP contribution in [0.2, 0.25) is 5.15 Å². The molecule has 0 aliphatic carbocycles.